The summed E-state index contributed by atoms with van der Waals surface area (Å²) in [4.78, 5) is 0. The third-order valence-electron chi connectivity index (χ3n) is 5.79. The van der Waals surface area contributed by atoms with E-state index >= 15 is 0 Å². The van der Waals surface area contributed by atoms with Gasteiger partial charge in [0.25, 0.3) is 0 Å². The number of aliphatic hydroxyl groups excluding tert-OH is 1. The Morgan fingerprint density at radius 2 is 1.58 bits per heavy atom. The van der Waals surface area contributed by atoms with Gasteiger partial charge >= 0.3 is 0 Å². The number of hydrogen-bond acceptors (Lipinski definition) is 2. The molecular formula is C17H30O2. The molecule has 3 rings (SSSR count). The van der Waals surface area contributed by atoms with Gasteiger partial charge in [-0.1, -0.05) is 38.5 Å². The maximum absolute atomic E-state index is 10.3. The van der Waals surface area contributed by atoms with Crippen LogP contribution >= 0.6 is 0 Å². The standard InChI is InChI=1S/C17H30O2/c18-16-8-4-1-3-7-14(16)13-15-9-12-17(19-15)10-5-2-6-11-17/h14-16,18H,1-13H2. The van der Waals surface area contributed by atoms with Crippen molar-refractivity contribution < 1.29 is 9.84 Å². The minimum absolute atomic E-state index is 0.0611. The molecule has 2 saturated carbocycles. The highest BCUT2D eigenvalue weighted by molar-refractivity contribution is 4.92. The lowest BCUT2D eigenvalue weighted by molar-refractivity contribution is -0.0757. The molecule has 1 aliphatic heterocycles. The normalized spacial score (nSPS) is 39.3. The fourth-order valence-electron chi connectivity index (χ4n) is 4.60. The molecule has 1 heterocycles. The Morgan fingerprint density at radius 1 is 0.842 bits per heavy atom. The molecule has 0 bridgehead atoms. The van der Waals surface area contributed by atoms with Crippen LogP contribution in [0.5, 0.6) is 0 Å². The third-order valence-corrected chi connectivity index (χ3v) is 5.79. The van der Waals surface area contributed by atoms with Crippen molar-refractivity contribution in [1.82, 2.24) is 0 Å². The fourth-order valence-corrected chi connectivity index (χ4v) is 4.60. The Morgan fingerprint density at radius 3 is 2.42 bits per heavy atom. The van der Waals surface area contributed by atoms with Crippen molar-refractivity contribution in [3.8, 4) is 0 Å². The number of hydrogen-bond donors (Lipinski definition) is 1. The topological polar surface area (TPSA) is 29.5 Å². The monoisotopic (exact) mass is 266 g/mol. The van der Waals surface area contributed by atoms with E-state index in [2.05, 4.69) is 0 Å². The first-order valence-corrected chi connectivity index (χ1v) is 8.63. The molecule has 0 radical (unpaired) electrons. The van der Waals surface area contributed by atoms with Crippen LogP contribution in [-0.4, -0.2) is 22.9 Å². The van der Waals surface area contributed by atoms with Gasteiger partial charge in [-0.2, -0.15) is 0 Å². The maximum atomic E-state index is 10.3. The van der Waals surface area contributed by atoms with Crippen LogP contribution in [0.3, 0.4) is 0 Å². The SMILES string of the molecule is OC1CCCCCC1CC1CCC2(CCCCC2)O1. The van der Waals surface area contributed by atoms with E-state index in [1.807, 2.05) is 0 Å². The molecular weight excluding hydrogens is 236 g/mol. The van der Waals surface area contributed by atoms with E-state index in [-0.39, 0.29) is 11.7 Å². The van der Waals surface area contributed by atoms with Crippen LogP contribution in [0.25, 0.3) is 0 Å². The summed E-state index contributed by atoms with van der Waals surface area (Å²) in [5, 5.41) is 10.3. The second kappa shape index (κ2) is 6.13. The number of rotatable bonds is 2. The zero-order chi connectivity index (χ0) is 13.1. The third kappa shape index (κ3) is 3.33. The van der Waals surface area contributed by atoms with Gasteiger partial charge in [0.1, 0.15) is 0 Å². The van der Waals surface area contributed by atoms with E-state index in [1.165, 1.54) is 70.6 Å². The van der Waals surface area contributed by atoms with Crippen LogP contribution in [0.1, 0.15) is 83.5 Å². The first kappa shape index (κ1) is 13.9. The van der Waals surface area contributed by atoms with Gasteiger partial charge in [-0.25, -0.2) is 0 Å². The maximum Gasteiger partial charge on any atom is 0.0687 e. The quantitative estimate of drug-likeness (QED) is 0.759. The van der Waals surface area contributed by atoms with Crippen molar-refractivity contribution in [2.24, 2.45) is 5.92 Å². The lowest BCUT2D eigenvalue weighted by atomic mass is 9.83. The lowest BCUT2D eigenvalue weighted by Gasteiger charge is -2.34. The van der Waals surface area contributed by atoms with Crippen molar-refractivity contribution in [2.45, 2.75) is 101 Å². The molecule has 2 aliphatic carbocycles. The van der Waals surface area contributed by atoms with Crippen molar-refractivity contribution in [3.63, 3.8) is 0 Å². The zero-order valence-electron chi connectivity index (χ0n) is 12.3. The van der Waals surface area contributed by atoms with E-state index in [0.29, 0.717) is 12.0 Å². The highest BCUT2D eigenvalue weighted by atomic mass is 16.5. The van der Waals surface area contributed by atoms with Gasteiger partial charge in [0.05, 0.1) is 17.8 Å². The molecule has 3 fully saturated rings. The summed E-state index contributed by atoms with van der Waals surface area (Å²) in [5.41, 5.74) is 0.249. The lowest BCUT2D eigenvalue weighted by Crippen LogP contribution is -2.32. The summed E-state index contributed by atoms with van der Waals surface area (Å²) in [5.74, 6) is 0.506. The average Bonchev–Trinajstić information content (AvgIpc) is 2.68. The van der Waals surface area contributed by atoms with Gasteiger partial charge in [-0.15, -0.1) is 0 Å². The molecule has 0 amide bonds. The molecule has 19 heavy (non-hydrogen) atoms. The molecule has 2 nitrogen and oxygen atoms in total. The first-order chi connectivity index (χ1) is 9.27. The molecule has 0 aromatic carbocycles. The molecule has 2 heteroatoms. The van der Waals surface area contributed by atoms with Crippen LogP contribution < -0.4 is 0 Å². The second-order valence-corrected chi connectivity index (χ2v) is 7.22. The van der Waals surface area contributed by atoms with Gasteiger partial charge in [0, 0.05) is 0 Å². The second-order valence-electron chi connectivity index (χ2n) is 7.22. The minimum atomic E-state index is -0.0611. The summed E-state index contributed by atoms with van der Waals surface area (Å²) < 4.78 is 6.47. The molecule has 3 atom stereocenters. The Balaban J connectivity index is 1.53. The van der Waals surface area contributed by atoms with E-state index in [0.717, 1.165) is 12.8 Å². The zero-order valence-corrected chi connectivity index (χ0v) is 12.3. The Bertz CT molecular complexity index is 283. The predicted molar refractivity (Wildman–Crippen MR) is 77.1 cm³/mol. The van der Waals surface area contributed by atoms with Gasteiger partial charge < -0.3 is 9.84 Å². The Kier molecular flexibility index (Phi) is 4.48. The molecule has 3 aliphatic rings. The minimum Gasteiger partial charge on any atom is -0.393 e. The van der Waals surface area contributed by atoms with Crippen LogP contribution in [0, 0.1) is 5.92 Å². The van der Waals surface area contributed by atoms with Crippen molar-refractivity contribution in [3.05, 3.63) is 0 Å². The van der Waals surface area contributed by atoms with Crippen LogP contribution in [0.4, 0.5) is 0 Å². The van der Waals surface area contributed by atoms with Crippen molar-refractivity contribution >= 4 is 0 Å². The van der Waals surface area contributed by atoms with Crippen molar-refractivity contribution in [1.29, 1.82) is 0 Å². The summed E-state index contributed by atoms with van der Waals surface area (Å²) in [6, 6.07) is 0. The van der Waals surface area contributed by atoms with Crippen LogP contribution in [-0.2, 0) is 4.74 Å². The molecule has 1 N–H and O–H groups in total. The summed E-state index contributed by atoms with van der Waals surface area (Å²) in [7, 11) is 0. The molecule has 110 valence electrons. The van der Waals surface area contributed by atoms with E-state index in [4.69, 9.17) is 4.74 Å². The predicted octanol–water partition coefficient (Wildman–Crippen LogP) is 4.20. The number of ether oxygens (including phenoxy) is 1. The molecule has 1 spiro atoms. The van der Waals surface area contributed by atoms with E-state index < -0.39 is 0 Å². The van der Waals surface area contributed by atoms with Gasteiger partial charge in [0.15, 0.2) is 0 Å². The van der Waals surface area contributed by atoms with Gasteiger partial charge in [-0.05, 0) is 50.9 Å². The first-order valence-electron chi connectivity index (χ1n) is 8.63. The highest BCUT2D eigenvalue weighted by Gasteiger charge is 2.41. The van der Waals surface area contributed by atoms with E-state index in [9.17, 15) is 5.11 Å². The smallest absolute Gasteiger partial charge is 0.0687 e. The summed E-state index contributed by atoms with van der Waals surface area (Å²) >= 11 is 0. The highest BCUT2D eigenvalue weighted by Crippen LogP contribution is 2.44. The largest absolute Gasteiger partial charge is 0.393 e. The molecule has 3 unspecified atom stereocenters. The Labute approximate surface area is 117 Å². The van der Waals surface area contributed by atoms with Crippen molar-refractivity contribution in [2.75, 3.05) is 0 Å². The van der Waals surface area contributed by atoms with Crippen LogP contribution in [0.15, 0.2) is 0 Å². The fraction of sp³-hybridized carbons (Fsp3) is 1.00. The van der Waals surface area contributed by atoms with Crippen LogP contribution in [0.2, 0.25) is 0 Å². The molecule has 0 aromatic rings. The number of aliphatic hydroxyl groups is 1. The Hall–Kier alpha value is -0.0800. The van der Waals surface area contributed by atoms with Gasteiger partial charge in [-0.3, -0.25) is 0 Å². The summed E-state index contributed by atoms with van der Waals surface area (Å²) in [6.07, 6.45) is 16.8. The summed E-state index contributed by atoms with van der Waals surface area (Å²) in [6.45, 7) is 0. The molecule has 1 saturated heterocycles. The van der Waals surface area contributed by atoms with E-state index in [1.54, 1.807) is 0 Å². The average molecular weight is 266 g/mol. The molecule has 0 aromatic heterocycles. The van der Waals surface area contributed by atoms with Gasteiger partial charge in [0.2, 0.25) is 0 Å².